The lowest BCUT2D eigenvalue weighted by atomic mass is 9.77. The van der Waals surface area contributed by atoms with Crippen molar-refractivity contribution in [2.24, 2.45) is 5.92 Å². The summed E-state index contributed by atoms with van der Waals surface area (Å²) in [6, 6.07) is 14.1. The van der Waals surface area contributed by atoms with Crippen molar-refractivity contribution in [2.45, 2.75) is 56.2 Å². The quantitative estimate of drug-likeness (QED) is 0.606. The topological polar surface area (TPSA) is 58.6 Å². The molecule has 33 heavy (non-hydrogen) atoms. The van der Waals surface area contributed by atoms with Gasteiger partial charge in [-0.1, -0.05) is 36.4 Å². The molecule has 0 spiro atoms. The van der Waals surface area contributed by atoms with Gasteiger partial charge in [0.15, 0.2) is 0 Å². The summed E-state index contributed by atoms with van der Waals surface area (Å²) in [5.41, 5.74) is 2.85. The Kier molecular flexibility index (Phi) is 6.04. The van der Waals surface area contributed by atoms with Gasteiger partial charge in [-0.25, -0.2) is 9.18 Å². The normalized spacial score (nSPS) is 27.5. The lowest BCUT2D eigenvalue weighted by Crippen LogP contribution is -2.51. The number of carbonyl (C=O) groups is 2. The molecule has 0 aromatic heterocycles. The van der Waals surface area contributed by atoms with Crippen molar-refractivity contribution in [1.82, 2.24) is 10.2 Å². The lowest BCUT2D eigenvalue weighted by Gasteiger charge is -2.39. The Labute approximate surface area is 198 Å². The summed E-state index contributed by atoms with van der Waals surface area (Å²) in [6.45, 7) is 0.537. The number of halogens is 2. The molecule has 0 unspecified atom stereocenters. The average Bonchev–Trinajstić information content (AvgIpc) is 3.31. The van der Waals surface area contributed by atoms with E-state index in [0.717, 1.165) is 30.4 Å². The van der Waals surface area contributed by atoms with Crippen molar-refractivity contribution in [2.75, 3.05) is 12.4 Å². The number of rotatable bonds is 6. The van der Waals surface area contributed by atoms with Crippen LogP contribution >= 0.6 is 11.6 Å². The van der Waals surface area contributed by atoms with Crippen LogP contribution in [0.3, 0.4) is 0 Å². The van der Waals surface area contributed by atoms with Gasteiger partial charge >= 0.3 is 6.09 Å². The maximum absolute atomic E-state index is 13.6. The molecule has 2 atom stereocenters. The van der Waals surface area contributed by atoms with Gasteiger partial charge in [0.1, 0.15) is 11.9 Å². The zero-order valence-corrected chi connectivity index (χ0v) is 19.2. The van der Waals surface area contributed by atoms with E-state index < -0.39 is 0 Å². The number of hydrogen-bond acceptors (Lipinski definition) is 3. The molecule has 2 bridgehead atoms. The molecule has 6 rings (SSSR count). The molecule has 3 saturated carbocycles. The number of nitrogens with one attached hydrogen (secondary N) is 1. The fourth-order valence-corrected chi connectivity index (χ4v) is 5.90. The Morgan fingerprint density at radius 1 is 1.12 bits per heavy atom. The number of amides is 2. The zero-order chi connectivity index (χ0) is 23.0. The van der Waals surface area contributed by atoms with Crippen molar-refractivity contribution < 1.29 is 18.7 Å². The maximum atomic E-state index is 13.6. The smallest absolute Gasteiger partial charge is 0.410 e. The minimum absolute atomic E-state index is 0.0186. The highest BCUT2D eigenvalue weighted by molar-refractivity contribution is 6.17. The van der Waals surface area contributed by atoms with Crippen molar-refractivity contribution >= 4 is 23.6 Å². The van der Waals surface area contributed by atoms with Gasteiger partial charge in [0, 0.05) is 36.7 Å². The van der Waals surface area contributed by atoms with Crippen LogP contribution < -0.4 is 5.32 Å². The minimum atomic E-state index is -0.347. The van der Waals surface area contributed by atoms with Crippen molar-refractivity contribution in [3.05, 3.63) is 71.0 Å². The molecular weight excluding hydrogens is 443 g/mol. The van der Waals surface area contributed by atoms with E-state index in [1.165, 1.54) is 17.7 Å². The fourth-order valence-electron chi connectivity index (χ4n) is 5.77. The predicted octanol–water partition coefficient (Wildman–Crippen LogP) is 4.97. The molecule has 0 saturated heterocycles. The highest BCUT2D eigenvalue weighted by Crippen LogP contribution is 2.53. The molecule has 1 heterocycles. The van der Waals surface area contributed by atoms with Gasteiger partial charge < -0.3 is 10.1 Å². The van der Waals surface area contributed by atoms with Crippen molar-refractivity contribution in [1.29, 1.82) is 0 Å². The van der Waals surface area contributed by atoms with Crippen LogP contribution in [0.1, 0.15) is 54.8 Å². The molecule has 0 radical (unpaired) electrons. The highest BCUT2D eigenvalue weighted by Gasteiger charge is 2.58. The van der Waals surface area contributed by atoms with Gasteiger partial charge in [-0.15, -0.1) is 11.6 Å². The van der Waals surface area contributed by atoms with Gasteiger partial charge in [0.2, 0.25) is 5.91 Å². The van der Waals surface area contributed by atoms with Crippen LogP contribution in [0.4, 0.5) is 9.18 Å². The van der Waals surface area contributed by atoms with Gasteiger partial charge in [0.25, 0.3) is 0 Å². The fraction of sp³-hybridized carbons (Fsp3) is 0.462. The Hall–Kier alpha value is -2.60. The first-order valence-electron chi connectivity index (χ1n) is 11.7. The number of carbonyl (C=O) groups excluding carboxylic acids is 2. The summed E-state index contributed by atoms with van der Waals surface area (Å²) in [6.07, 6.45) is 3.64. The first-order valence-corrected chi connectivity index (χ1v) is 12.2. The molecule has 1 aliphatic heterocycles. The van der Waals surface area contributed by atoms with Crippen LogP contribution in [-0.4, -0.2) is 41.0 Å². The molecule has 5 nitrogen and oxygen atoms in total. The molecule has 4 aliphatic rings. The molecule has 2 aromatic rings. The van der Waals surface area contributed by atoms with Gasteiger partial charge in [-0.3, -0.25) is 9.69 Å². The second kappa shape index (κ2) is 8.98. The largest absolute Gasteiger partial charge is 0.446 e. The van der Waals surface area contributed by atoms with E-state index in [2.05, 4.69) is 11.4 Å². The molecule has 2 amide bonds. The van der Waals surface area contributed by atoms with Crippen LogP contribution in [0.15, 0.2) is 48.5 Å². The highest BCUT2D eigenvalue weighted by atomic mass is 35.5. The third-order valence-electron chi connectivity index (χ3n) is 7.32. The van der Waals surface area contributed by atoms with Crippen molar-refractivity contribution in [3.63, 3.8) is 0 Å². The first-order chi connectivity index (χ1) is 16.0. The predicted molar refractivity (Wildman–Crippen MR) is 124 cm³/mol. The van der Waals surface area contributed by atoms with E-state index in [0.29, 0.717) is 31.7 Å². The van der Waals surface area contributed by atoms with Crippen LogP contribution in [0, 0.1) is 11.7 Å². The number of fused-ring (bicyclic) bond motifs is 2. The summed E-state index contributed by atoms with van der Waals surface area (Å²) in [5, 5.41) is 3.15. The SMILES string of the molecule is O=C(CCCCl)NC12CC(C1)[C@H](OC(=O)N1CCc3ccccc3[C@@H]1c1ccc(F)cc1)C2. The summed E-state index contributed by atoms with van der Waals surface area (Å²) >= 11 is 5.70. The van der Waals surface area contributed by atoms with Gasteiger partial charge in [-0.05, 0) is 54.5 Å². The summed E-state index contributed by atoms with van der Waals surface area (Å²) in [4.78, 5) is 27.3. The van der Waals surface area contributed by atoms with E-state index >= 15 is 0 Å². The molecule has 3 fully saturated rings. The first kappa shape index (κ1) is 22.2. The van der Waals surface area contributed by atoms with E-state index in [4.69, 9.17) is 16.3 Å². The van der Waals surface area contributed by atoms with E-state index in [9.17, 15) is 14.0 Å². The Bertz CT molecular complexity index is 1040. The zero-order valence-electron chi connectivity index (χ0n) is 18.4. The Morgan fingerprint density at radius 3 is 2.64 bits per heavy atom. The van der Waals surface area contributed by atoms with E-state index in [1.807, 2.05) is 18.2 Å². The van der Waals surface area contributed by atoms with E-state index in [-0.39, 0.29) is 41.4 Å². The molecule has 174 valence electrons. The number of alkyl halides is 1. The minimum Gasteiger partial charge on any atom is -0.446 e. The summed E-state index contributed by atoms with van der Waals surface area (Å²) in [7, 11) is 0. The standard InChI is InChI=1S/C26H28ClFN2O3/c27-12-3-6-23(31)29-26-14-19(15-26)22(16-26)33-25(32)30-13-11-17-4-1-2-5-21(17)24(30)18-7-9-20(28)10-8-18/h1-2,4-5,7-10,19,22,24H,3,6,11-16H2,(H,29,31)/t19?,22-,24+,26?/m1/s1. The molecule has 2 aromatic carbocycles. The van der Waals surface area contributed by atoms with Gasteiger partial charge in [-0.2, -0.15) is 0 Å². The average molecular weight is 471 g/mol. The van der Waals surface area contributed by atoms with Crippen LogP contribution in [0.2, 0.25) is 0 Å². The molecule has 3 aliphatic carbocycles. The summed E-state index contributed by atoms with van der Waals surface area (Å²) in [5.74, 6) is 0.465. The maximum Gasteiger partial charge on any atom is 0.410 e. The Balaban J connectivity index is 1.30. The van der Waals surface area contributed by atoms with Crippen LogP contribution in [-0.2, 0) is 16.0 Å². The number of nitrogens with zero attached hydrogens (tertiary/aromatic N) is 1. The molecular formula is C26H28ClFN2O3. The molecule has 7 heteroatoms. The van der Waals surface area contributed by atoms with Crippen LogP contribution in [0.5, 0.6) is 0 Å². The number of ether oxygens (including phenoxy) is 1. The summed E-state index contributed by atoms with van der Waals surface area (Å²) < 4.78 is 19.6. The van der Waals surface area contributed by atoms with Crippen molar-refractivity contribution in [3.8, 4) is 0 Å². The lowest BCUT2D eigenvalue weighted by molar-refractivity contribution is -0.123. The number of benzene rings is 2. The molecule has 1 N–H and O–H groups in total. The monoisotopic (exact) mass is 470 g/mol. The second-order valence-electron chi connectivity index (χ2n) is 9.51. The van der Waals surface area contributed by atoms with Crippen LogP contribution in [0.25, 0.3) is 0 Å². The second-order valence-corrected chi connectivity index (χ2v) is 9.89. The van der Waals surface area contributed by atoms with E-state index in [1.54, 1.807) is 17.0 Å². The third-order valence-corrected chi connectivity index (χ3v) is 7.59. The Morgan fingerprint density at radius 2 is 1.88 bits per heavy atom. The third kappa shape index (κ3) is 4.33. The van der Waals surface area contributed by atoms with Gasteiger partial charge in [0.05, 0.1) is 6.04 Å². The number of hydrogen-bond donors (Lipinski definition) is 1.